The van der Waals surface area contributed by atoms with Crippen LogP contribution >= 0.6 is 0 Å². The van der Waals surface area contributed by atoms with Crippen molar-refractivity contribution in [1.82, 2.24) is 10.3 Å². The number of aromatic nitrogens is 1. The number of rotatable bonds is 5. The smallest absolute Gasteiger partial charge is 0.219 e. The van der Waals surface area contributed by atoms with Gasteiger partial charge in [-0.2, -0.15) is 0 Å². The Hall–Kier alpha value is -1.87. The van der Waals surface area contributed by atoms with Crippen LogP contribution in [-0.2, 0) is 6.54 Å². The van der Waals surface area contributed by atoms with Crippen molar-refractivity contribution in [3.05, 3.63) is 53.7 Å². The predicted octanol–water partition coefficient (Wildman–Crippen LogP) is 3.68. The molecule has 0 saturated carbocycles. The summed E-state index contributed by atoms with van der Waals surface area (Å²) in [6.45, 7) is 7.14. The van der Waals surface area contributed by atoms with E-state index in [9.17, 15) is 0 Å². The summed E-state index contributed by atoms with van der Waals surface area (Å²) in [6.07, 6.45) is 1.85. The Morgan fingerprint density at radius 2 is 1.84 bits per heavy atom. The van der Waals surface area contributed by atoms with Gasteiger partial charge in [0.15, 0.2) is 0 Å². The number of ether oxygens (including phenoxy) is 1. The second kappa shape index (κ2) is 6.34. The molecule has 1 aromatic carbocycles. The van der Waals surface area contributed by atoms with Crippen molar-refractivity contribution < 1.29 is 4.74 Å². The average molecular weight is 256 g/mol. The summed E-state index contributed by atoms with van der Waals surface area (Å²) < 4.78 is 5.68. The van der Waals surface area contributed by atoms with Crippen LogP contribution < -0.4 is 10.1 Å². The number of hydrogen-bond acceptors (Lipinski definition) is 3. The summed E-state index contributed by atoms with van der Waals surface area (Å²) in [5.41, 5.74) is 2.38. The first-order valence-electron chi connectivity index (χ1n) is 6.56. The van der Waals surface area contributed by atoms with Gasteiger partial charge in [-0.15, -0.1) is 0 Å². The van der Waals surface area contributed by atoms with Crippen molar-refractivity contribution in [3.8, 4) is 11.6 Å². The number of hydrogen-bond donors (Lipinski definition) is 1. The topological polar surface area (TPSA) is 34.1 Å². The highest BCUT2D eigenvalue weighted by molar-refractivity contribution is 5.30. The summed E-state index contributed by atoms with van der Waals surface area (Å²) in [5.74, 6) is 1.43. The van der Waals surface area contributed by atoms with Crippen molar-refractivity contribution in [1.29, 1.82) is 0 Å². The van der Waals surface area contributed by atoms with Gasteiger partial charge in [0.05, 0.1) is 0 Å². The molecule has 0 atom stereocenters. The van der Waals surface area contributed by atoms with E-state index in [1.54, 1.807) is 0 Å². The first-order chi connectivity index (χ1) is 9.13. The van der Waals surface area contributed by atoms with E-state index < -0.39 is 0 Å². The maximum atomic E-state index is 5.68. The van der Waals surface area contributed by atoms with Gasteiger partial charge >= 0.3 is 0 Å². The van der Waals surface area contributed by atoms with Crippen LogP contribution in [0.15, 0.2) is 42.6 Å². The van der Waals surface area contributed by atoms with Crippen LogP contribution in [0.25, 0.3) is 0 Å². The third kappa shape index (κ3) is 4.38. The number of nitrogens with zero attached hydrogens (tertiary/aromatic N) is 1. The van der Waals surface area contributed by atoms with Gasteiger partial charge in [-0.25, -0.2) is 4.98 Å². The normalized spacial score (nSPS) is 10.7. The van der Waals surface area contributed by atoms with Gasteiger partial charge in [0.25, 0.3) is 0 Å². The number of aryl methyl sites for hydroxylation is 1. The highest BCUT2D eigenvalue weighted by atomic mass is 16.5. The molecule has 100 valence electrons. The monoisotopic (exact) mass is 256 g/mol. The van der Waals surface area contributed by atoms with Crippen molar-refractivity contribution in [2.45, 2.75) is 33.4 Å². The fraction of sp³-hybridized carbons (Fsp3) is 0.312. The molecule has 1 N–H and O–H groups in total. The van der Waals surface area contributed by atoms with Crippen molar-refractivity contribution >= 4 is 0 Å². The second-order valence-electron chi connectivity index (χ2n) is 4.96. The van der Waals surface area contributed by atoms with Crippen molar-refractivity contribution in [2.75, 3.05) is 0 Å². The van der Waals surface area contributed by atoms with Crippen LogP contribution in [0, 0.1) is 6.92 Å². The lowest BCUT2D eigenvalue weighted by Crippen LogP contribution is -2.21. The van der Waals surface area contributed by atoms with Crippen molar-refractivity contribution in [2.24, 2.45) is 0 Å². The summed E-state index contributed by atoms with van der Waals surface area (Å²) in [6, 6.07) is 12.4. The minimum Gasteiger partial charge on any atom is -0.439 e. The molecule has 1 heterocycles. The van der Waals surface area contributed by atoms with Gasteiger partial charge in [-0.3, -0.25) is 0 Å². The lowest BCUT2D eigenvalue weighted by atomic mass is 10.2. The fourth-order valence-electron chi connectivity index (χ4n) is 1.62. The minimum absolute atomic E-state index is 0.475. The highest BCUT2D eigenvalue weighted by Gasteiger charge is 2.00. The number of nitrogens with one attached hydrogen (secondary N) is 1. The lowest BCUT2D eigenvalue weighted by Gasteiger charge is -2.09. The van der Waals surface area contributed by atoms with Gasteiger partial charge in [0.2, 0.25) is 5.88 Å². The van der Waals surface area contributed by atoms with Crippen LogP contribution in [0.4, 0.5) is 0 Å². The van der Waals surface area contributed by atoms with Crippen LogP contribution in [0.5, 0.6) is 11.6 Å². The van der Waals surface area contributed by atoms with E-state index in [4.69, 9.17) is 4.74 Å². The van der Waals surface area contributed by atoms with Gasteiger partial charge in [0.1, 0.15) is 5.75 Å². The zero-order chi connectivity index (χ0) is 13.7. The molecule has 2 aromatic rings. The third-order valence-electron chi connectivity index (χ3n) is 2.76. The van der Waals surface area contributed by atoms with Gasteiger partial charge in [-0.05, 0) is 24.6 Å². The molecule has 19 heavy (non-hydrogen) atoms. The molecule has 1 aromatic heterocycles. The van der Waals surface area contributed by atoms with Crippen LogP contribution in [0.1, 0.15) is 25.0 Å². The predicted molar refractivity (Wildman–Crippen MR) is 77.5 cm³/mol. The maximum absolute atomic E-state index is 5.68. The van der Waals surface area contributed by atoms with E-state index in [2.05, 4.69) is 31.1 Å². The second-order valence-corrected chi connectivity index (χ2v) is 4.96. The van der Waals surface area contributed by atoms with E-state index in [0.717, 1.165) is 17.9 Å². The Balaban J connectivity index is 1.96. The zero-order valence-corrected chi connectivity index (χ0v) is 11.7. The molecule has 0 fully saturated rings. The first kappa shape index (κ1) is 13.6. The molecule has 0 unspecified atom stereocenters. The molecule has 3 nitrogen and oxygen atoms in total. The molecule has 0 aliphatic rings. The molecular weight excluding hydrogens is 236 g/mol. The third-order valence-corrected chi connectivity index (χ3v) is 2.76. The SMILES string of the molecule is Cc1ccc(Oc2ccc(CNC(C)C)cn2)cc1. The van der Waals surface area contributed by atoms with Gasteiger partial charge in [0, 0.05) is 24.8 Å². The van der Waals surface area contributed by atoms with Crippen LogP contribution in [0.2, 0.25) is 0 Å². The molecule has 0 saturated heterocycles. The van der Waals surface area contributed by atoms with Gasteiger partial charge < -0.3 is 10.1 Å². The standard InChI is InChI=1S/C16H20N2O/c1-12(2)17-10-14-6-9-16(18-11-14)19-15-7-4-13(3)5-8-15/h4-9,11-12,17H,10H2,1-3H3. The van der Waals surface area contributed by atoms with E-state index in [1.807, 2.05) is 42.6 Å². The Bertz CT molecular complexity index is 503. The van der Waals surface area contributed by atoms with E-state index >= 15 is 0 Å². The molecular formula is C16H20N2O. The summed E-state index contributed by atoms with van der Waals surface area (Å²) in [5, 5.41) is 3.36. The summed E-state index contributed by atoms with van der Waals surface area (Å²) >= 11 is 0. The average Bonchev–Trinajstić information content (AvgIpc) is 2.40. The molecule has 0 aliphatic carbocycles. The Morgan fingerprint density at radius 1 is 1.11 bits per heavy atom. The van der Waals surface area contributed by atoms with Gasteiger partial charge in [-0.1, -0.05) is 37.6 Å². The lowest BCUT2D eigenvalue weighted by molar-refractivity contribution is 0.462. The number of benzene rings is 1. The zero-order valence-electron chi connectivity index (χ0n) is 11.7. The van der Waals surface area contributed by atoms with E-state index in [1.165, 1.54) is 5.56 Å². The first-order valence-corrected chi connectivity index (χ1v) is 6.56. The summed E-state index contributed by atoms with van der Waals surface area (Å²) in [7, 11) is 0. The van der Waals surface area contributed by atoms with Crippen LogP contribution in [0.3, 0.4) is 0 Å². The largest absolute Gasteiger partial charge is 0.439 e. The maximum Gasteiger partial charge on any atom is 0.219 e. The Kier molecular flexibility index (Phi) is 4.53. The van der Waals surface area contributed by atoms with Crippen molar-refractivity contribution in [3.63, 3.8) is 0 Å². The molecule has 0 spiro atoms. The van der Waals surface area contributed by atoms with E-state index in [0.29, 0.717) is 11.9 Å². The van der Waals surface area contributed by atoms with E-state index in [-0.39, 0.29) is 0 Å². The fourth-order valence-corrected chi connectivity index (χ4v) is 1.62. The molecule has 3 heteroatoms. The number of pyridine rings is 1. The Morgan fingerprint density at radius 3 is 2.42 bits per heavy atom. The highest BCUT2D eigenvalue weighted by Crippen LogP contribution is 2.19. The molecule has 0 radical (unpaired) electrons. The molecule has 0 amide bonds. The minimum atomic E-state index is 0.475. The molecule has 2 rings (SSSR count). The van der Waals surface area contributed by atoms with Crippen LogP contribution in [-0.4, -0.2) is 11.0 Å². The molecule has 0 bridgehead atoms. The summed E-state index contributed by atoms with van der Waals surface area (Å²) in [4.78, 5) is 4.31. The quantitative estimate of drug-likeness (QED) is 0.886. The molecule has 0 aliphatic heterocycles. The Labute approximate surface area is 114 Å².